The van der Waals surface area contributed by atoms with Crippen LogP contribution in [0, 0.1) is 5.92 Å². The highest BCUT2D eigenvalue weighted by Gasteiger charge is 2.20. The Kier molecular flexibility index (Phi) is 5.82. The first-order valence-electron chi connectivity index (χ1n) is 8.36. The van der Waals surface area contributed by atoms with E-state index in [1.165, 1.54) is 4.57 Å². The van der Waals surface area contributed by atoms with Crippen LogP contribution < -0.4 is 16.0 Å². The van der Waals surface area contributed by atoms with Gasteiger partial charge in [-0.2, -0.15) is 4.98 Å². The topological polar surface area (TPSA) is 91.3 Å². The molecule has 0 saturated carbocycles. The monoisotopic (exact) mass is 338 g/mol. The van der Waals surface area contributed by atoms with Gasteiger partial charge in [0, 0.05) is 26.7 Å². The molecular weight excluding hydrogens is 312 g/mol. The molecule has 0 aliphatic carbocycles. The summed E-state index contributed by atoms with van der Waals surface area (Å²) >= 11 is 0. The van der Waals surface area contributed by atoms with E-state index in [-0.39, 0.29) is 18.7 Å². The summed E-state index contributed by atoms with van der Waals surface area (Å²) in [6.07, 6.45) is 1.21. The molecule has 2 rings (SSSR count). The van der Waals surface area contributed by atoms with Crippen molar-refractivity contribution in [3.05, 3.63) is 20.8 Å². The maximum absolute atomic E-state index is 12.8. The van der Waals surface area contributed by atoms with Gasteiger partial charge in [0.2, 0.25) is 0 Å². The fourth-order valence-corrected chi connectivity index (χ4v) is 2.61. The van der Waals surface area contributed by atoms with Gasteiger partial charge in [-0.3, -0.25) is 18.5 Å². The Morgan fingerprint density at radius 1 is 1.21 bits per heavy atom. The minimum Gasteiger partial charge on any atom is -0.465 e. The first-order chi connectivity index (χ1) is 11.4. The average molecular weight is 338 g/mol. The molecule has 0 aliphatic rings. The lowest BCUT2D eigenvalue weighted by Gasteiger charge is -2.11. The molecule has 0 saturated heterocycles. The normalized spacial score (nSPS) is 11.6. The average Bonchev–Trinajstić information content (AvgIpc) is 2.90. The van der Waals surface area contributed by atoms with E-state index in [9.17, 15) is 9.59 Å². The zero-order chi connectivity index (χ0) is 17.9. The van der Waals surface area contributed by atoms with Gasteiger partial charge in [0.1, 0.15) is 0 Å². The maximum Gasteiger partial charge on any atom is 0.332 e. The third-order valence-electron chi connectivity index (χ3n) is 3.94. The minimum absolute atomic E-state index is 0.0789. The van der Waals surface area contributed by atoms with E-state index in [1.54, 1.807) is 11.6 Å². The van der Waals surface area contributed by atoms with Crippen LogP contribution in [0.5, 0.6) is 6.01 Å². The molecular formula is C16H26N4O4. The SMILES string of the molecule is CCOc1nc2c(c(=O)n(CCCO)c(=O)n2C)n1CCC(C)C. The summed E-state index contributed by atoms with van der Waals surface area (Å²) in [5.74, 6) is 0.459. The molecule has 0 spiro atoms. The number of fused-ring (bicyclic) bond motifs is 1. The number of hydrogen-bond donors (Lipinski definition) is 1. The van der Waals surface area contributed by atoms with Crippen molar-refractivity contribution in [1.82, 2.24) is 18.7 Å². The predicted molar refractivity (Wildman–Crippen MR) is 91.6 cm³/mol. The van der Waals surface area contributed by atoms with E-state index in [0.717, 1.165) is 11.0 Å². The lowest BCUT2D eigenvalue weighted by Crippen LogP contribution is -2.39. The van der Waals surface area contributed by atoms with Crippen LogP contribution in [0.2, 0.25) is 0 Å². The van der Waals surface area contributed by atoms with Crippen molar-refractivity contribution in [2.45, 2.75) is 46.7 Å². The summed E-state index contributed by atoms with van der Waals surface area (Å²) < 4.78 is 9.85. The second kappa shape index (κ2) is 7.65. The smallest absolute Gasteiger partial charge is 0.332 e. The minimum atomic E-state index is -0.433. The standard InChI is InChI=1S/C16H26N4O4/c1-5-24-15-17-13-12(19(15)9-7-11(2)3)14(22)20(8-6-10-21)16(23)18(13)4/h11,21H,5-10H2,1-4H3. The van der Waals surface area contributed by atoms with E-state index in [4.69, 9.17) is 9.84 Å². The lowest BCUT2D eigenvalue weighted by atomic mass is 10.1. The van der Waals surface area contributed by atoms with Crippen molar-refractivity contribution >= 4 is 11.2 Å². The van der Waals surface area contributed by atoms with Crippen molar-refractivity contribution in [1.29, 1.82) is 0 Å². The van der Waals surface area contributed by atoms with Crippen molar-refractivity contribution < 1.29 is 9.84 Å². The molecule has 0 atom stereocenters. The fraction of sp³-hybridized carbons (Fsp3) is 0.688. The summed E-state index contributed by atoms with van der Waals surface area (Å²) in [5.41, 5.74) is -0.113. The molecule has 0 fully saturated rings. The predicted octanol–water partition coefficient (Wildman–Crippen LogP) is 0.724. The third kappa shape index (κ3) is 3.38. The van der Waals surface area contributed by atoms with E-state index < -0.39 is 5.69 Å². The highest BCUT2D eigenvalue weighted by atomic mass is 16.5. The van der Waals surface area contributed by atoms with Gasteiger partial charge in [0.05, 0.1) is 6.61 Å². The van der Waals surface area contributed by atoms with Gasteiger partial charge in [0.25, 0.3) is 11.6 Å². The maximum atomic E-state index is 12.8. The van der Waals surface area contributed by atoms with Crippen LogP contribution in [0.25, 0.3) is 11.2 Å². The summed E-state index contributed by atoms with van der Waals surface area (Å²) in [6.45, 7) is 7.19. The number of aliphatic hydroxyl groups is 1. The molecule has 8 heteroatoms. The van der Waals surface area contributed by atoms with E-state index >= 15 is 0 Å². The largest absolute Gasteiger partial charge is 0.465 e. The molecule has 134 valence electrons. The van der Waals surface area contributed by atoms with Crippen LogP contribution in [0.3, 0.4) is 0 Å². The Morgan fingerprint density at radius 3 is 2.50 bits per heavy atom. The van der Waals surface area contributed by atoms with Crippen LogP contribution in [-0.2, 0) is 20.1 Å². The molecule has 0 amide bonds. The number of aromatic nitrogens is 4. The number of imidazole rings is 1. The molecule has 8 nitrogen and oxygen atoms in total. The van der Waals surface area contributed by atoms with Gasteiger partial charge in [-0.1, -0.05) is 13.8 Å². The quantitative estimate of drug-likeness (QED) is 0.766. The Balaban J connectivity index is 2.71. The van der Waals surface area contributed by atoms with Crippen LogP contribution in [0.1, 0.15) is 33.6 Å². The second-order valence-electron chi connectivity index (χ2n) is 6.21. The number of ether oxygens (including phenoxy) is 1. The third-order valence-corrected chi connectivity index (χ3v) is 3.94. The van der Waals surface area contributed by atoms with Gasteiger partial charge in [-0.25, -0.2) is 4.79 Å². The lowest BCUT2D eigenvalue weighted by molar-refractivity contribution is 0.277. The number of rotatable bonds is 8. The zero-order valence-corrected chi connectivity index (χ0v) is 14.8. The van der Waals surface area contributed by atoms with E-state index in [2.05, 4.69) is 18.8 Å². The van der Waals surface area contributed by atoms with Gasteiger partial charge in [-0.05, 0) is 25.7 Å². The molecule has 0 aliphatic heterocycles. The van der Waals surface area contributed by atoms with Gasteiger partial charge in [0.15, 0.2) is 11.2 Å². The molecule has 1 N–H and O–H groups in total. The molecule has 0 bridgehead atoms. The molecule has 0 unspecified atom stereocenters. The molecule has 2 aromatic rings. The summed E-state index contributed by atoms with van der Waals surface area (Å²) in [5, 5.41) is 9.00. The van der Waals surface area contributed by atoms with Gasteiger partial charge >= 0.3 is 5.69 Å². The molecule has 2 aromatic heterocycles. The first kappa shape index (κ1) is 18.3. The van der Waals surface area contributed by atoms with E-state index in [0.29, 0.717) is 42.7 Å². The number of aliphatic hydroxyl groups excluding tert-OH is 1. The molecule has 2 heterocycles. The summed E-state index contributed by atoms with van der Waals surface area (Å²) in [6, 6.07) is 0.361. The first-order valence-corrected chi connectivity index (χ1v) is 8.36. The Morgan fingerprint density at radius 2 is 1.92 bits per heavy atom. The highest BCUT2D eigenvalue weighted by molar-refractivity contribution is 5.71. The Hall–Kier alpha value is -2.09. The summed E-state index contributed by atoms with van der Waals surface area (Å²) in [7, 11) is 1.59. The van der Waals surface area contributed by atoms with Crippen LogP contribution in [0.4, 0.5) is 0 Å². The van der Waals surface area contributed by atoms with Crippen molar-refractivity contribution in [3.63, 3.8) is 0 Å². The van der Waals surface area contributed by atoms with Crippen LogP contribution in [-0.4, -0.2) is 37.0 Å². The summed E-state index contributed by atoms with van der Waals surface area (Å²) in [4.78, 5) is 29.6. The Bertz CT molecular complexity index is 816. The van der Waals surface area contributed by atoms with Gasteiger partial charge < -0.3 is 9.84 Å². The van der Waals surface area contributed by atoms with Gasteiger partial charge in [-0.15, -0.1) is 0 Å². The number of nitrogens with zero attached hydrogens (tertiary/aromatic N) is 4. The van der Waals surface area contributed by atoms with Crippen molar-refractivity contribution in [2.75, 3.05) is 13.2 Å². The fourth-order valence-electron chi connectivity index (χ4n) is 2.61. The second-order valence-corrected chi connectivity index (χ2v) is 6.21. The molecule has 0 radical (unpaired) electrons. The van der Waals surface area contributed by atoms with Crippen LogP contribution in [0.15, 0.2) is 9.59 Å². The number of aryl methyl sites for hydroxylation is 2. The zero-order valence-electron chi connectivity index (χ0n) is 14.8. The highest BCUT2D eigenvalue weighted by Crippen LogP contribution is 2.19. The van der Waals surface area contributed by atoms with Crippen molar-refractivity contribution in [3.8, 4) is 6.01 Å². The molecule has 24 heavy (non-hydrogen) atoms. The Labute approximate surface area is 140 Å². The van der Waals surface area contributed by atoms with Crippen molar-refractivity contribution in [2.24, 2.45) is 13.0 Å². The van der Waals surface area contributed by atoms with E-state index in [1.807, 2.05) is 6.92 Å². The number of hydrogen-bond acceptors (Lipinski definition) is 5. The van der Waals surface area contributed by atoms with Crippen LogP contribution >= 0.6 is 0 Å². The molecule has 0 aromatic carbocycles.